The number of hydrogen-bond acceptors (Lipinski definition) is 4. The summed E-state index contributed by atoms with van der Waals surface area (Å²) in [5, 5.41) is 0. The lowest BCUT2D eigenvalue weighted by Crippen LogP contribution is -2.05. The second kappa shape index (κ2) is 5.56. The minimum Gasteiger partial charge on any atom is -0.465 e. The largest absolute Gasteiger partial charge is 0.465 e. The maximum atomic E-state index is 13.5. The topological polar surface area (TPSA) is 61.5 Å². The summed E-state index contributed by atoms with van der Waals surface area (Å²) in [6, 6.07) is 7.14. The van der Waals surface area contributed by atoms with Crippen LogP contribution in [0.3, 0.4) is 0 Å². The number of ether oxygens (including phenoxy) is 2. The van der Waals surface area contributed by atoms with Gasteiger partial charge in [0.15, 0.2) is 11.6 Å². The van der Waals surface area contributed by atoms with Crippen molar-refractivity contribution in [2.75, 3.05) is 12.8 Å². The van der Waals surface area contributed by atoms with Gasteiger partial charge in [0.25, 0.3) is 0 Å². The van der Waals surface area contributed by atoms with Crippen LogP contribution in [0.25, 0.3) is 0 Å². The summed E-state index contributed by atoms with van der Waals surface area (Å²) in [7, 11) is 1.22. The Labute approximate surface area is 113 Å². The van der Waals surface area contributed by atoms with E-state index in [2.05, 4.69) is 4.74 Å². The normalized spacial score (nSPS) is 10.2. The van der Waals surface area contributed by atoms with Crippen LogP contribution in [-0.2, 0) is 4.74 Å². The Balaban J connectivity index is 2.32. The molecule has 0 saturated heterocycles. The number of benzene rings is 2. The van der Waals surface area contributed by atoms with Gasteiger partial charge in [0.1, 0.15) is 11.6 Å². The zero-order valence-electron chi connectivity index (χ0n) is 10.5. The molecule has 104 valence electrons. The highest BCUT2D eigenvalue weighted by Crippen LogP contribution is 2.27. The van der Waals surface area contributed by atoms with Gasteiger partial charge in [0, 0.05) is 11.8 Å². The fourth-order valence-corrected chi connectivity index (χ4v) is 1.57. The average Bonchev–Trinajstić information content (AvgIpc) is 2.43. The van der Waals surface area contributed by atoms with Crippen molar-refractivity contribution in [3.8, 4) is 11.5 Å². The van der Waals surface area contributed by atoms with Gasteiger partial charge < -0.3 is 15.2 Å². The molecule has 0 radical (unpaired) electrons. The van der Waals surface area contributed by atoms with E-state index in [4.69, 9.17) is 10.5 Å². The monoisotopic (exact) mass is 279 g/mol. The molecule has 0 aliphatic carbocycles. The Morgan fingerprint density at radius 2 is 1.90 bits per heavy atom. The number of methoxy groups -OCH3 is 1. The van der Waals surface area contributed by atoms with Crippen LogP contribution in [0, 0.1) is 11.6 Å². The second-order valence-electron chi connectivity index (χ2n) is 3.92. The molecule has 4 nitrogen and oxygen atoms in total. The Morgan fingerprint density at radius 3 is 2.55 bits per heavy atom. The fourth-order valence-electron chi connectivity index (χ4n) is 1.57. The van der Waals surface area contributed by atoms with Crippen molar-refractivity contribution < 1.29 is 23.0 Å². The smallest absolute Gasteiger partial charge is 0.340 e. The molecule has 0 aliphatic rings. The number of esters is 1. The molecule has 0 fully saturated rings. The quantitative estimate of drug-likeness (QED) is 0.692. The van der Waals surface area contributed by atoms with Gasteiger partial charge in [0.2, 0.25) is 0 Å². The molecular weight excluding hydrogens is 268 g/mol. The molecule has 0 aromatic heterocycles. The molecule has 2 rings (SSSR count). The van der Waals surface area contributed by atoms with Gasteiger partial charge in [-0.05, 0) is 30.3 Å². The first-order chi connectivity index (χ1) is 9.51. The number of hydrogen-bond donors (Lipinski definition) is 1. The van der Waals surface area contributed by atoms with Crippen molar-refractivity contribution in [1.29, 1.82) is 0 Å². The number of nitrogen functional groups attached to an aromatic ring is 1. The zero-order valence-corrected chi connectivity index (χ0v) is 10.5. The van der Waals surface area contributed by atoms with E-state index in [-0.39, 0.29) is 22.7 Å². The number of rotatable bonds is 3. The second-order valence-corrected chi connectivity index (χ2v) is 3.92. The van der Waals surface area contributed by atoms with Gasteiger partial charge in [-0.1, -0.05) is 0 Å². The van der Waals surface area contributed by atoms with Crippen molar-refractivity contribution in [3.05, 3.63) is 53.6 Å². The summed E-state index contributed by atoms with van der Waals surface area (Å²) >= 11 is 0. The number of carbonyl (C=O) groups excluding carboxylic acids is 1. The third-order valence-electron chi connectivity index (χ3n) is 2.55. The molecule has 0 atom stereocenters. The van der Waals surface area contributed by atoms with Crippen LogP contribution in [0.2, 0.25) is 0 Å². The molecule has 2 aromatic rings. The minimum atomic E-state index is -0.846. The van der Waals surface area contributed by atoms with Crippen LogP contribution in [0.4, 0.5) is 14.5 Å². The van der Waals surface area contributed by atoms with E-state index in [1.807, 2.05) is 0 Å². The first kappa shape index (κ1) is 13.8. The summed E-state index contributed by atoms with van der Waals surface area (Å²) in [4.78, 5) is 11.5. The van der Waals surface area contributed by atoms with E-state index in [1.165, 1.54) is 25.3 Å². The SMILES string of the molecule is COC(=O)c1cc(Oc2ccc(F)cc2F)ccc1N. The molecule has 0 amide bonds. The molecule has 2 aromatic carbocycles. The van der Waals surface area contributed by atoms with Crippen LogP contribution >= 0.6 is 0 Å². The van der Waals surface area contributed by atoms with E-state index >= 15 is 0 Å². The lowest BCUT2D eigenvalue weighted by Gasteiger charge is -2.09. The van der Waals surface area contributed by atoms with E-state index in [9.17, 15) is 13.6 Å². The number of halogens is 2. The molecule has 0 spiro atoms. The Hall–Kier alpha value is -2.63. The Bertz CT molecular complexity index is 659. The molecule has 0 heterocycles. The molecule has 0 saturated carbocycles. The standard InChI is InChI=1S/C14H11F2NO3/c1-19-14(18)10-7-9(3-4-12(10)17)20-13-5-2-8(15)6-11(13)16/h2-7H,17H2,1H3. The molecule has 0 unspecified atom stereocenters. The maximum absolute atomic E-state index is 13.5. The average molecular weight is 279 g/mol. The van der Waals surface area contributed by atoms with Crippen molar-refractivity contribution in [2.24, 2.45) is 0 Å². The van der Waals surface area contributed by atoms with Crippen molar-refractivity contribution >= 4 is 11.7 Å². The Morgan fingerprint density at radius 1 is 1.15 bits per heavy atom. The molecular formula is C14H11F2NO3. The molecule has 0 aliphatic heterocycles. The van der Waals surface area contributed by atoms with E-state index < -0.39 is 17.6 Å². The van der Waals surface area contributed by atoms with E-state index in [1.54, 1.807) is 0 Å². The van der Waals surface area contributed by atoms with Crippen LogP contribution in [-0.4, -0.2) is 13.1 Å². The molecule has 6 heteroatoms. The third kappa shape index (κ3) is 2.85. The number of nitrogens with two attached hydrogens (primary N) is 1. The van der Waals surface area contributed by atoms with Gasteiger partial charge in [0.05, 0.1) is 12.7 Å². The van der Waals surface area contributed by atoms with Gasteiger partial charge in [-0.25, -0.2) is 13.6 Å². The fraction of sp³-hybridized carbons (Fsp3) is 0.0714. The first-order valence-corrected chi connectivity index (χ1v) is 5.62. The summed E-state index contributed by atoms with van der Waals surface area (Å²) in [6.45, 7) is 0. The molecule has 20 heavy (non-hydrogen) atoms. The predicted molar refractivity (Wildman–Crippen MR) is 68.6 cm³/mol. The van der Waals surface area contributed by atoms with Crippen LogP contribution in [0.15, 0.2) is 36.4 Å². The third-order valence-corrected chi connectivity index (χ3v) is 2.55. The number of anilines is 1. The van der Waals surface area contributed by atoms with E-state index in [0.29, 0.717) is 6.07 Å². The first-order valence-electron chi connectivity index (χ1n) is 5.62. The van der Waals surface area contributed by atoms with Gasteiger partial charge in [-0.15, -0.1) is 0 Å². The molecule has 0 bridgehead atoms. The van der Waals surface area contributed by atoms with Crippen molar-refractivity contribution in [1.82, 2.24) is 0 Å². The summed E-state index contributed by atoms with van der Waals surface area (Å²) < 4.78 is 36.1. The lowest BCUT2D eigenvalue weighted by molar-refractivity contribution is 0.0601. The lowest BCUT2D eigenvalue weighted by atomic mass is 10.1. The number of carbonyl (C=O) groups is 1. The van der Waals surface area contributed by atoms with Crippen molar-refractivity contribution in [2.45, 2.75) is 0 Å². The predicted octanol–water partition coefficient (Wildman–Crippen LogP) is 3.13. The maximum Gasteiger partial charge on any atom is 0.340 e. The minimum absolute atomic E-state index is 0.104. The van der Waals surface area contributed by atoms with E-state index in [0.717, 1.165) is 12.1 Å². The summed E-state index contributed by atoms with van der Waals surface area (Å²) in [5.74, 6) is -2.16. The van der Waals surface area contributed by atoms with Crippen molar-refractivity contribution in [3.63, 3.8) is 0 Å². The van der Waals surface area contributed by atoms with Gasteiger partial charge >= 0.3 is 5.97 Å². The summed E-state index contributed by atoms with van der Waals surface area (Å²) in [6.07, 6.45) is 0. The molecule has 2 N–H and O–H groups in total. The summed E-state index contributed by atoms with van der Waals surface area (Å²) in [5.41, 5.74) is 5.95. The highest BCUT2D eigenvalue weighted by molar-refractivity contribution is 5.95. The Kier molecular flexibility index (Phi) is 3.84. The van der Waals surface area contributed by atoms with Crippen LogP contribution < -0.4 is 10.5 Å². The zero-order chi connectivity index (χ0) is 14.7. The van der Waals surface area contributed by atoms with Crippen LogP contribution in [0.5, 0.6) is 11.5 Å². The van der Waals surface area contributed by atoms with Gasteiger partial charge in [-0.2, -0.15) is 0 Å². The van der Waals surface area contributed by atoms with Crippen LogP contribution in [0.1, 0.15) is 10.4 Å². The van der Waals surface area contributed by atoms with Gasteiger partial charge in [-0.3, -0.25) is 0 Å². The highest BCUT2D eigenvalue weighted by atomic mass is 19.1. The highest BCUT2D eigenvalue weighted by Gasteiger charge is 2.13.